The Labute approximate surface area is 111 Å². The van der Waals surface area contributed by atoms with Gasteiger partial charge in [-0.3, -0.25) is 4.98 Å². The first-order chi connectivity index (χ1) is 8.08. The fourth-order valence-electron chi connectivity index (χ4n) is 1.45. The standard InChI is InChI=1S/C12H8BrClFNO/c13-10-2-1-7(4-11(10)14)12(17)8-3-9(15)6-16-5-8/h1-6,12,17H. The van der Waals surface area contributed by atoms with Crippen LogP contribution < -0.4 is 0 Å². The lowest BCUT2D eigenvalue weighted by Gasteiger charge is -2.11. The van der Waals surface area contributed by atoms with Crippen molar-refractivity contribution in [3.05, 3.63) is 63.1 Å². The van der Waals surface area contributed by atoms with Gasteiger partial charge < -0.3 is 5.11 Å². The smallest absolute Gasteiger partial charge is 0.141 e. The SMILES string of the molecule is OC(c1cncc(F)c1)c1ccc(Br)c(Cl)c1. The Morgan fingerprint density at radius 1 is 1.24 bits per heavy atom. The van der Waals surface area contributed by atoms with Crippen LogP contribution in [0.25, 0.3) is 0 Å². The van der Waals surface area contributed by atoms with E-state index >= 15 is 0 Å². The molecule has 2 nitrogen and oxygen atoms in total. The highest BCUT2D eigenvalue weighted by Crippen LogP contribution is 2.28. The number of pyridine rings is 1. The maximum Gasteiger partial charge on any atom is 0.141 e. The minimum atomic E-state index is -0.941. The molecule has 1 aromatic carbocycles. The van der Waals surface area contributed by atoms with E-state index in [4.69, 9.17) is 11.6 Å². The summed E-state index contributed by atoms with van der Waals surface area (Å²) in [6.07, 6.45) is 1.57. The van der Waals surface area contributed by atoms with E-state index in [2.05, 4.69) is 20.9 Å². The number of aromatic nitrogens is 1. The van der Waals surface area contributed by atoms with Crippen molar-refractivity contribution in [1.82, 2.24) is 4.98 Å². The predicted octanol–water partition coefficient (Wildman–Crippen LogP) is 3.72. The summed E-state index contributed by atoms with van der Waals surface area (Å²) in [5, 5.41) is 10.5. The first-order valence-electron chi connectivity index (χ1n) is 4.81. The summed E-state index contributed by atoms with van der Waals surface area (Å²) in [6, 6.07) is 6.31. The van der Waals surface area contributed by atoms with Crippen molar-refractivity contribution in [1.29, 1.82) is 0 Å². The largest absolute Gasteiger partial charge is 0.384 e. The molecule has 0 aliphatic carbocycles. The van der Waals surface area contributed by atoms with Gasteiger partial charge in [-0.15, -0.1) is 0 Å². The molecule has 5 heteroatoms. The van der Waals surface area contributed by atoms with E-state index in [9.17, 15) is 9.50 Å². The Morgan fingerprint density at radius 3 is 2.65 bits per heavy atom. The van der Waals surface area contributed by atoms with Crippen molar-refractivity contribution in [2.75, 3.05) is 0 Å². The zero-order valence-corrected chi connectivity index (χ0v) is 10.9. The Hall–Kier alpha value is -0.970. The average molecular weight is 317 g/mol. The molecule has 0 radical (unpaired) electrons. The van der Waals surface area contributed by atoms with Crippen molar-refractivity contribution >= 4 is 27.5 Å². The van der Waals surface area contributed by atoms with Crippen LogP contribution in [0.3, 0.4) is 0 Å². The van der Waals surface area contributed by atoms with Gasteiger partial charge >= 0.3 is 0 Å². The van der Waals surface area contributed by atoms with E-state index in [0.717, 1.165) is 10.7 Å². The molecule has 0 spiro atoms. The zero-order chi connectivity index (χ0) is 12.4. The van der Waals surface area contributed by atoms with Gasteiger partial charge in [0.15, 0.2) is 0 Å². The first-order valence-corrected chi connectivity index (χ1v) is 5.98. The number of hydrogen-bond donors (Lipinski definition) is 1. The van der Waals surface area contributed by atoms with Crippen molar-refractivity contribution in [2.24, 2.45) is 0 Å². The molecule has 2 rings (SSSR count). The van der Waals surface area contributed by atoms with E-state index in [0.29, 0.717) is 16.1 Å². The molecule has 17 heavy (non-hydrogen) atoms. The van der Waals surface area contributed by atoms with Crippen LogP contribution in [-0.4, -0.2) is 10.1 Å². The summed E-state index contributed by atoms with van der Waals surface area (Å²) in [4.78, 5) is 3.69. The minimum absolute atomic E-state index is 0.392. The molecular weight excluding hydrogens is 308 g/mol. The van der Waals surface area contributed by atoms with Crippen LogP contribution in [0.1, 0.15) is 17.2 Å². The van der Waals surface area contributed by atoms with Crippen LogP contribution >= 0.6 is 27.5 Å². The molecule has 1 aromatic heterocycles. The summed E-state index contributed by atoms with van der Waals surface area (Å²) in [5.74, 6) is -0.482. The second kappa shape index (κ2) is 5.12. The number of aliphatic hydroxyl groups is 1. The van der Waals surface area contributed by atoms with Crippen molar-refractivity contribution in [3.63, 3.8) is 0 Å². The summed E-state index contributed by atoms with van der Waals surface area (Å²) in [5.41, 5.74) is 0.981. The fraction of sp³-hybridized carbons (Fsp3) is 0.0833. The Balaban J connectivity index is 2.36. The molecule has 0 bridgehead atoms. The van der Waals surface area contributed by atoms with Crippen LogP contribution in [0.4, 0.5) is 4.39 Å². The third-order valence-electron chi connectivity index (χ3n) is 2.30. The third-order valence-corrected chi connectivity index (χ3v) is 3.53. The molecule has 1 heterocycles. The molecule has 2 aromatic rings. The quantitative estimate of drug-likeness (QED) is 0.916. The summed E-state index contributed by atoms with van der Waals surface area (Å²) in [6.45, 7) is 0. The van der Waals surface area contributed by atoms with E-state index in [1.165, 1.54) is 12.3 Å². The minimum Gasteiger partial charge on any atom is -0.384 e. The van der Waals surface area contributed by atoms with Crippen LogP contribution in [0.5, 0.6) is 0 Å². The van der Waals surface area contributed by atoms with Gasteiger partial charge in [0.1, 0.15) is 11.9 Å². The molecule has 1 N–H and O–H groups in total. The third kappa shape index (κ3) is 2.83. The number of nitrogens with zero attached hydrogens (tertiary/aromatic N) is 1. The Kier molecular flexibility index (Phi) is 3.76. The summed E-state index contributed by atoms with van der Waals surface area (Å²) in [7, 11) is 0. The molecule has 0 saturated carbocycles. The summed E-state index contributed by atoms with van der Waals surface area (Å²) >= 11 is 9.19. The highest BCUT2D eigenvalue weighted by atomic mass is 79.9. The molecule has 1 unspecified atom stereocenters. The van der Waals surface area contributed by atoms with Gasteiger partial charge in [-0.25, -0.2) is 4.39 Å². The Bertz CT molecular complexity index is 550. The van der Waals surface area contributed by atoms with Gasteiger partial charge in [-0.2, -0.15) is 0 Å². The number of hydrogen-bond acceptors (Lipinski definition) is 2. The fourth-order valence-corrected chi connectivity index (χ4v) is 1.89. The van der Waals surface area contributed by atoms with Crippen LogP contribution in [0.15, 0.2) is 41.1 Å². The molecule has 0 aliphatic rings. The average Bonchev–Trinajstić information content (AvgIpc) is 2.32. The second-order valence-electron chi connectivity index (χ2n) is 3.51. The van der Waals surface area contributed by atoms with E-state index < -0.39 is 11.9 Å². The molecule has 0 saturated heterocycles. The second-order valence-corrected chi connectivity index (χ2v) is 4.77. The molecule has 1 atom stereocenters. The highest BCUT2D eigenvalue weighted by Gasteiger charge is 2.12. The first kappa shape index (κ1) is 12.5. The monoisotopic (exact) mass is 315 g/mol. The topological polar surface area (TPSA) is 33.1 Å². The van der Waals surface area contributed by atoms with Crippen LogP contribution in [0, 0.1) is 5.82 Å². The number of benzene rings is 1. The normalized spacial score (nSPS) is 12.5. The van der Waals surface area contributed by atoms with E-state index in [1.54, 1.807) is 18.2 Å². The van der Waals surface area contributed by atoms with Gasteiger partial charge in [-0.1, -0.05) is 17.7 Å². The van der Waals surface area contributed by atoms with Crippen LogP contribution in [0.2, 0.25) is 5.02 Å². The van der Waals surface area contributed by atoms with Gasteiger partial charge in [-0.05, 0) is 39.7 Å². The zero-order valence-electron chi connectivity index (χ0n) is 8.57. The molecule has 0 amide bonds. The van der Waals surface area contributed by atoms with Crippen LogP contribution in [-0.2, 0) is 0 Å². The maximum absolute atomic E-state index is 13.0. The molecule has 88 valence electrons. The molecule has 0 aliphatic heterocycles. The Morgan fingerprint density at radius 2 is 2.00 bits per heavy atom. The van der Waals surface area contributed by atoms with Gasteiger partial charge in [0.2, 0.25) is 0 Å². The number of rotatable bonds is 2. The van der Waals surface area contributed by atoms with E-state index in [-0.39, 0.29) is 0 Å². The lowest BCUT2D eigenvalue weighted by Crippen LogP contribution is -2.01. The predicted molar refractivity (Wildman–Crippen MR) is 67.4 cm³/mol. The van der Waals surface area contributed by atoms with Gasteiger partial charge in [0.25, 0.3) is 0 Å². The summed E-state index contributed by atoms with van der Waals surface area (Å²) < 4.78 is 13.7. The van der Waals surface area contributed by atoms with Crippen molar-refractivity contribution in [2.45, 2.75) is 6.10 Å². The highest BCUT2D eigenvalue weighted by molar-refractivity contribution is 9.10. The molecular formula is C12H8BrClFNO. The number of halogens is 3. The van der Waals surface area contributed by atoms with Gasteiger partial charge in [0, 0.05) is 16.2 Å². The van der Waals surface area contributed by atoms with Crippen molar-refractivity contribution in [3.8, 4) is 0 Å². The number of aliphatic hydroxyl groups excluding tert-OH is 1. The lowest BCUT2D eigenvalue weighted by molar-refractivity contribution is 0.219. The van der Waals surface area contributed by atoms with Gasteiger partial charge in [0.05, 0.1) is 11.2 Å². The molecule has 0 fully saturated rings. The lowest BCUT2D eigenvalue weighted by atomic mass is 10.0. The van der Waals surface area contributed by atoms with Crippen molar-refractivity contribution < 1.29 is 9.50 Å². The van der Waals surface area contributed by atoms with E-state index in [1.807, 2.05) is 0 Å². The maximum atomic E-state index is 13.0.